The van der Waals surface area contributed by atoms with Gasteiger partial charge in [-0.25, -0.2) is 9.37 Å². The zero-order chi connectivity index (χ0) is 18.0. The number of thioether (sulfide) groups is 1. The lowest BCUT2D eigenvalue weighted by Crippen LogP contribution is -2.32. The molecule has 0 aliphatic heterocycles. The van der Waals surface area contributed by atoms with E-state index in [0.717, 1.165) is 5.56 Å². The van der Waals surface area contributed by atoms with Crippen molar-refractivity contribution in [3.8, 4) is 0 Å². The molecule has 0 aliphatic carbocycles. The van der Waals surface area contributed by atoms with Crippen LogP contribution in [0.4, 0.5) is 4.39 Å². The molecule has 2 aromatic carbocycles. The zero-order valence-electron chi connectivity index (χ0n) is 13.7. The smallest absolute Gasteiger partial charge is 0.257 e. The van der Waals surface area contributed by atoms with E-state index in [0.29, 0.717) is 27.9 Å². The summed E-state index contributed by atoms with van der Waals surface area (Å²) in [7, 11) is 1.69. The highest BCUT2D eigenvalue weighted by atomic mass is 35.5. The van der Waals surface area contributed by atoms with E-state index in [2.05, 4.69) is 4.98 Å². The van der Waals surface area contributed by atoms with Crippen LogP contribution < -0.4 is 0 Å². The minimum absolute atomic E-state index is 0.0884. The molecular weight excluding hydrogens is 363 g/mol. The van der Waals surface area contributed by atoms with Crippen LogP contribution >= 0.6 is 23.4 Å². The number of oxazole rings is 1. The van der Waals surface area contributed by atoms with Crippen molar-refractivity contribution in [3.63, 3.8) is 0 Å². The third-order valence-corrected chi connectivity index (χ3v) is 4.81. The van der Waals surface area contributed by atoms with E-state index in [1.54, 1.807) is 49.2 Å². The Hall–Kier alpha value is -2.05. The Morgan fingerprint density at radius 1 is 1.36 bits per heavy atom. The van der Waals surface area contributed by atoms with Crippen molar-refractivity contribution in [1.82, 2.24) is 9.88 Å². The summed E-state index contributed by atoms with van der Waals surface area (Å²) < 4.78 is 18.9. The normalized spacial score (nSPS) is 12.3. The molecule has 1 amide bonds. The third-order valence-electron chi connectivity index (χ3n) is 3.64. The van der Waals surface area contributed by atoms with Crippen molar-refractivity contribution < 1.29 is 13.6 Å². The number of nitrogens with zero attached hydrogens (tertiary/aromatic N) is 2. The summed E-state index contributed by atoms with van der Waals surface area (Å²) >= 11 is 7.18. The number of carbonyl (C=O) groups is 1. The van der Waals surface area contributed by atoms with Crippen LogP contribution in [0.1, 0.15) is 12.5 Å². The number of amides is 1. The molecular formula is C18H16ClFN2O2S. The molecule has 0 N–H and O–H groups in total. The average molecular weight is 379 g/mol. The maximum absolute atomic E-state index is 13.3. The first-order chi connectivity index (χ1) is 11.9. The highest BCUT2D eigenvalue weighted by molar-refractivity contribution is 8.00. The lowest BCUT2D eigenvalue weighted by atomic mass is 10.2. The molecule has 0 radical (unpaired) electrons. The van der Waals surface area contributed by atoms with Gasteiger partial charge in [0.15, 0.2) is 5.58 Å². The Bertz CT molecular complexity index is 915. The number of rotatable bonds is 5. The third kappa shape index (κ3) is 4.32. The van der Waals surface area contributed by atoms with Gasteiger partial charge in [-0.15, -0.1) is 0 Å². The number of hydrogen-bond donors (Lipinski definition) is 0. The largest absolute Gasteiger partial charge is 0.431 e. The van der Waals surface area contributed by atoms with Crippen molar-refractivity contribution >= 4 is 40.4 Å². The van der Waals surface area contributed by atoms with Crippen LogP contribution in [0, 0.1) is 5.82 Å². The molecule has 4 nitrogen and oxygen atoms in total. The summed E-state index contributed by atoms with van der Waals surface area (Å²) in [5.74, 6) is -0.402. The molecule has 0 bridgehead atoms. The fraction of sp³-hybridized carbons (Fsp3) is 0.222. The molecule has 3 rings (SSSR count). The van der Waals surface area contributed by atoms with Crippen molar-refractivity contribution in [2.45, 2.75) is 23.9 Å². The van der Waals surface area contributed by atoms with Gasteiger partial charge in [0.2, 0.25) is 5.91 Å². The number of hydrogen-bond acceptors (Lipinski definition) is 4. The van der Waals surface area contributed by atoms with Crippen molar-refractivity contribution in [1.29, 1.82) is 0 Å². The highest BCUT2D eigenvalue weighted by Crippen LogP contribution is 2.29. The van der Waals surface area contributed by atoms with Gasteiger partial charge >= 0.3 is 0 Å². The van der Waals surface area contributed by atoms with E-state index >= 15 is 0 Å². The lowest BCUT2D eigenvalue weighted by Gasteiger charge is -2.20. The number of halogens is 2. The maximum atomic E-state index is 13.3. The summed E-state index contributed by atoms with van der Waals surface area (Å²) in [6.45, 7) is 2.13. The highest BCUT2D eigenvalue weighted by Gasteiger charge is 2.21. The molecule has 7 heteroatoms. The van der Waals surface area contributed by atoms with E-state index < -0.39 is 0 Å². The molecule has 3 aromatic rings. The van der Waals surface area contributed by atoms with Crippen LogP contribution in [-0.2, 0) is 11.3 Å². The molecule has 1 atom stereocenters. The molecule has 0 aliphatic rings. The predicted octanol–water partition coefficient (Wildman–Crippen LogP) is 4.76. The molecule has 1 unspecified atom stereocenters. The van der Waals surface area contributed by atoms with Gasteiger partial charge in [-0.3, -0.25) is 4.79 Å². The second kappa shape index (κ2) is 7.45. The summed E-state index contributed by atoms with van der Waals surface area (Å²) in [5.41, 5.74) is 2.02. The first-order valence-corrected chi connectivity index (χ1v) is 8.90. The number of benzene rings is 2. The minimum Gasteiger partial charge on any atom is -0.431 e. The topological polar surface area (TPSA) is 46.3 Å². The summed E-state index contributed by atoms with van der Waals surface area (Å²) in [6, 6.07) is 11.4. The lowest BCUT2D eigenvalue weighted by molar-refractivity contribution is -0.129. The fourth-order valence-corrected chi connectivity index (χ4v) is 3.47. The minimum atomic E-state index is -0.387. The molecule has 130 valence electrons. The van der Waals surface area contributed by atoms with E-state index in [1.807, 2.05) is 0 Å². The van der Waals surface area contributed by atoms with Gasteiger partial charge < -0.3 is 9.32 Å². The monoisotopic (exact) mass is 378 g/mol. The van der Waals surface area contributed by atoms with Crippen molar-refractivity contribution in [2.75, 3.05) is 7.05 Å². The average Bonchev–Trinajstić information content (AvgIpc) is 2.95. The van der Waals surface area contributed by atoms with E-state index in [-0.39, 0.29) is 17.0 Å². The van der Waals surface area contributed by atoms with Crippen LogP contribution in [0.25, 0.3) is 11.1 Å². The Morgan fingerprint density at radius 2 is 2.16 bits per heavy atom. The number of fused-ring (bicyclic) bond motifs is 1. The second-order valence-electron chi connectivity index (χ2n) is 5.68. The zero-order valence-corrected chi connectivity index (χ0v) is 15.3. The summed E-state index contributed by atoms with van der Waals surface area (Å²) in [4.78, 5) is 18.4. The van der Waals surface area contributed by atoms with E-state index in [9.17, 15) is 9.18 Å². The Morgan fingerprint density at radius 3 is 2.92 bits per heavy atom. The molecule has 0 saturated carbocycles. The van der Waals surface area contributed by atoms with Gasteiger partial charge in [-0.1, -0.05) is 35.5 Å². The van der Waals surface area contributed by atoms with Gasteiger partial charge in [-0.05, 0) is 42.8 Å². The summed E-state index contributed by atoms with van der Waals surface area (Å²) in [5, 5.41) is 0.607. The molecule has 1 heterocycles. The van der Waals surface area contributed by atoms with Gasteiger partial charge in [0.1, 0.15) is 11.3 Å². The first-order valence-electron chi connectivity index (χ1n) is 7.64. The van der Waals surface area contributed by atoms with Gasteiger partial charge in [0.05, 0.1) is 5.25 Å². The molecule has 1 aromatic heterocycles. The van der Waals surface area contributed by atoms with Gasteiger partial charge in [-0.2, -0.15) is 0 Å². The molecule has 25 heavy (non-hydrogen) atoms. The first kappa shape index (κ1) is 17.8. The molecule has 0 fully saturated rings. The van der Waals surface area contributed by atoms with Crippen molar-refractivity contribution in [3.05, 3.63) is 58.9 Å². The van der Waals surface area contributed by atoms with Crippen LogP contribution in [0.2, 0.25) is 5.02 Å². The number of carbonyl (C=O) groups excluding carboxylic acids is 1. The van der Waals surface area contributed by atoms with Crippen LogP contribution in [0.3, 0.4) is 0 Å². The van der Waals surface area contributed by atoms with Crippen LogP contribution in [-0.4, -0.2) is 28.1 Å². The Balaban J connectivity index is 1.66. The fourth-order valence-electron chi connectivity index (χ4n) is 2.43. The van der Waals surface area contributed by atoms with E-state index in [4.69, 9.17) is 16.0 Å². The van der Waals surface area contributed by atoms with Crippen LogP contribution in [0.5, 0.6) is 0 Å². The second-order valence-corrected chi connectivity index (χ2v) is 7.40. The van der Waals surface area contributed by atoms with Crippen LogP contribution in [0.15, 0.2) is 52.1 Å². The predicted molar refractivity (Wildman–Crippen MR) is 97.2 cm³/mol. The molecule has 0 spiro atoms. The standard InChI is InChI=1S/C18H16ClFN2O2S/c1-11(17(23)22(2)10-12-4-3-5-14(20)8-12)25-18-21-15-9-13(19)6-7-16(15)24-18/h3-9,11H,10H2,1-2H3. The van der Waals surface area contributed by atoms with Crippen molar-refractivity contribution in [2.24, 2.45) is 0 Å². The van der Waals surface area contributed by atoms with Gasteiger partial charge in [0, 0.05) is 18.6 Å². The summed E-state index contributed by atoms with van der Waals surface area (Å²) in [6.07, 6.45) is 0. The number of aromatic nitrogens is 1. The molecule has 0 saturated heterocycles. The maximum Gasteiger partial charge on any atom is 0.257 e. The van der Waals surface area contributed by atoms with E-state index in [1.165, 1.54) is 23.9 Å². The van der Waals surface area contributed by atoms with Gasteiger partial charge in [0.25, 0.3) is 5.22 Å². The Labute approximate surface area is 154 Å². The SMILES string of the molecule is CC(Sc1nc2cc(Cl)ccc2o1)C(=O)N(C)Cc1cccc(F)c1. The quantitative estimate of drug-likeness (QED) is 0.600. The Kier molecular flexibility index (Phi) is 5.30.